The van der Waals surface area contributed by atoms with Crippen LogP contribution in [0.1, 0.15) is 34.1 Å². The summed E-state index contributed by atoms with van der Waals surface area (Å²) in [7, 11) is 2.95. The Labute approximate surface area is 189 Å². The quantitative estimate of drug-likeness (QED) is 0.481. The van der Waals surface area contributed by atoms with Crippen molar-refractivity contribution < 1.29 is 43.4 Å². The molecule has 3 rings (SSSR count). The smallest absolute Gasteiger partial charge is 0.256 e. The third-order valence-corrected chi connectivity index (χ3v) is 7.23. The first-order valence-electron chi connectivity index (χ1n) is 10.9. The number of aliphatic hydroxyl groups excluding tert-OH is 2. The van der Waals surface area contributed by atoms with Crippen molar-refractivity contribution >= 4 is 5.91 Å². The molecule has 3 aliphatic heterocycles. The molecule has 3 saturated heterocycles. The minimum absolute atomic E-state index is 0.0634. The lowest BCUT2D eigenvalue weighted by Crippen LogP contribution is -2.69. The molecule has 10 nitrogen and oxygen atoms in total. The van der Waals surface area contributed by atoms with Crippen LogP contribution < -0.4 is 5.32 Å². The Kier molecular flexibility index (Phi) is 7.68. The number of fused-ring (bicyclic) bond motifs is 1. The maximum atomic E-state index is 13.1. The van der Waals surface area contributed by atoms with Gasteiger partial charge < -0.3 is 44.0 Å². The zero-order valence-corrected chi connectivity index (χ0v) is 19.7. The fourth-order valence-electron chi connectivity index (χ4n) is 4.85. The molecule has 0 radical (unpaired) electrons. The summed E-state index contributed by atoms with van der Waals surface area (Å²) in [6, 6.07) is 0. The van der Waals surface area contributed by atoms with Crippen LogP contribution in [0.25, 0.3) is 0 Å². The van der Waals surface area contributed by atoms with Crippen LogP contribution in [0.3, 0.4) is 0 Å². The Morgan fingerprint density at radius 1 is 1.28 bits per heavy atom. The lowest BCUT2D eigenvalue weighted by atomic mass is 9.74. The number of rotatable bonds is 6. The number of aliphatic hydroxyl groups is 2. The van der Waals surface area contributed by atoms with E-state index in [9.17, 15) is 15.0 Å². The van der Waals surface area contributed by atoms with Crippen molar-refractivity contribution in [1.29, 1.82) is 0 Å². The first kappa shape index (κ1) is 25.5. The highest BCUT2D eigenvalue weighted by Crippen LogP contribution is 2.42. The third-order valence-electron chi connectivity index (χ3n) is 7.23. The van der Waals surface area contributed by atoms with Gasteiger partial charge in [0.05, 0.1) is 24.9 Å². The molecule has 0 aromatic carbocycles. The Bertz CT molecular complexity index is 701. The van der Waals surface area contributed by atoms with Crippen molar-refractivity contribution in [2.75, 3.05) is 27.6 Å². The second-order valence-electron chi connectivity index (χ2n) is 9.46. The SMILES string of the molecule is C=C1CC(OC)(C(O)C(=O)NC2OCOC3C2OC(CO)C(C)(C)C3OC)OC(C)C1C. The lowest BCUT2D eigenvalue weighted by molar-refractivity contribution is -0.333. The van der Waals surface area contributed by atoms with E-state index in [2.05, 4.69) is 11.9 Å². The maximum Gasteiger partial charge on any atom is 0.256 e. The molecule has 0 bridgehead atoms. The van der Waals surface area contributed by atoms with Crippen molar-refractivity contribution in [2.45, 2.75) is 82.8 Å². The van der Waals surface area contributed by atoms with Gasteiger partial charge in [0.2, 0.25) is 5.79 Å². The van der Waals surface area contributed by atoms with Crippen LogP contribution in [0.2, 0.25) is 0 Å². The van der Waals surface area contributed by atoms with Crippen LogP contribution in [-0.2, 0) is 33.2 Å². The van der Waals surface area contributed by atoms with Gasteiger partial charge in [-0.15, -0.1) is 0 Å². The molecule has 3 heterocycles. The fourth-order valence-corrected chi connectivity index (χ4v) is 4.85. The first-order chi connectivity index (χ1) is 15.0. The van der Waals surface area contributed by atoms with Crippen LogP contribution >= 0.6 is 0 Å². The van der Waals surface area contributed by atoms with E-state index in [-0.39, 0.29) is 31.8 Å². The number of hydrogen-bond acceptors (Lipinski definition) is 9. The minimum Gasteiger partial charge on any atom is -0.394 e. The molecular weight excluding hydrogens is 422 g/mol. The number of nitrogens with one attached hydrogen (secondary N) is 1. The minimum atomic E-state index is -1.64. The van der Waals surface area contributed by atoms with Gasteiger partial charge in [-0.1, -0.05) is 32.9 Å². The van der Waals surface area contributed by atoms with E-state index in [1.54, 1.807) is 7.11 Å². The third kappa shape index (κ3) is 4.35. The summed E-state index contributed by atoms with van der Waals surface area (Å²) in [5, 5.41) is 23.5. The molecule has 32 heavy (non-hydrogen) atoms. The summed E-state index contributed by atoms with van der Waals surface area (Å²) in [5.74, 6) is -2.24. The molecule has 0 aromatic rings. The molecule has 10 heteroatoms. The maximum absolute atomic E-state index is 13.1. The van der Waals surface area contributed by atoms with Crippen molar-refractivity contribution in [3.63, 3.8) is 0 Å². The van der Waals surface area contributed by atoms with Crippen molar-refractivity contribution in [3.8, 4) is 0 Å². The standard InChI is InChI=1S/C22H37NO9/c1-11-8-22(28-7,32-13(3)12(11)2)17(25)19(26)23-20-16-15(29-10-30-20)18(27-6)21(4,5)14(9-24)31-16/h12-18,20,24-25H,1,8-10H2,2-7H3,(H,23,26). The van der Waals surface area contributed by atoms with Gasteiger partial charge in [-0.05, 0) is 6.92 Å². The highest BCUT2D eigenvalue weighted by molar-refractivity contribution is 5.82. The van der Waals surface area contributed by atoms with Crippen LogP contribution in [0.4, 0.5) is 0 Å². The molecule has 184 valence electrons. The topological polar surface area (TPSA) is 125 Å². The van der Waals surface area contributed by atoms with Gasteiger partial charge in [-0.2, -0.15) is 0 Å². The van der Waals surface area contributed by atoms with E-state index in [1.165, 1.54) is 7.11 Å². The first-order valence-corrected chi connectivity index (χ1v) is 10.9. The molecule has 3 aliphatic rings. The van der Waals surface area contributed by atoms with E-state index < -0.39 is 53.9 Å². The van der Waals surface area contributed by atoms with E-state index in [4.69, 9.17) is 28.4 Å². The van der Waals surface area contributed by atoms with E-state index in [0.717, 1.165) is 5.57 Å². The Balaban J connectivity index is 1.77. The predicted molar refractivity (Wildman–Crippen MR) is 112 cm³/mol. The average Bonchev–Trinajstić information content (AvgIpc) is 2.75. The van der Waals surface area contributed by atoms with Gasteiger partial charge >= 0.3 is 0 Å². The monoisotopic (exact) mass is 459 g/mol. The average molecular weight is 460 g/mol. The number of carbonyl (C=O) groups excluding carboxylic acids is 1. The van der Waals surface area contributed by atoms with Crippen LogP contribution in [-0.4, -0.2) is 92.4 Å². The summed E-state index contributed by atoms with van der Waals surface area (Å²) in [6.07, 6.45) is -4.98. The summed E-state index contributed by atoms with van der Waals surface area (Å²) in [6.45, 7) is 11.4. The van der Waals surface area contributed by atoms with Crippen molar-refractivity contribution in [1.82, 2.24) is 5.32 Å². The second-order valence-corrected chi connectivity index (χ2v) is 9.46. The molecule has 0 spiro atoms. The summed E-state index contributed by atoms with van der Waals surface area (Å²) < 4.78 is 34.6. The van der Waals surface area contributed by atoms with Gasteiger partial charge in [0.1, 0.15) is 19.0 Å². The Hall–Kier alpha value is -1.11. The molecular formula is C22H37NO9. The van der Waals surface area contributed by atoms with Crippen LogP contribution in [0.15, 0.2) is 12.2 Å². The number of methoxy groups -OCH3 is 2. The molecule has 9 unspecified atom stereocenters. The summed E-state index contributed by atoms with van der Waals surface area (Å²) in [5.41, 5.74) is 0.283. The van der Waals surface area contributed by atoms with Crippen molar-refractivity contribution in [2.24, 2.45) is 11.3 Å². The molecule has 0 saturated carbocycles. The zero-order chi connectivity index (χ0) is 23.8. The zero-order valence-electron chi connectivity index (χ0n) is 19.7. The molecule has 1 amide bonds. The summed E-state index contributed by atoms with van der Waals surface area (Å²) >= 11 is 0. The van der Waals surface area contributed by atoms with Gasteiger partial charge in [-0.3, -0.25) is 4.79 Å². The molecule has 3 fully saturated rings. The van der Waals surface area contributed by atoms with Crippen molar-refractivity contribution in [3.05, 3.63) is 12.2 Å². The van der Waals surface area contributed by atoms with Crippen LogP contribution in [0, 0.1) is 11.3 Å². The van der Waals surface area contributed by atoms with Gasteiger partial charge in [0, 0.05) is 32.0 Å². The number of ether oxygens (including phenoxy) is 6. The highest BCUT2D eigenvalue weighted by atomic mass is 16.7. The summed E-state index contributed by atoms with van der Waals surface area (Å²) in [4.78, 5) is 13.1. The molecule has 0 aliphatic carbocycles. The Morgan fingerprint density at radius 3 is 2.53 bits per heavy atom. The molecule has 0 aromatic heterocycles. The molecule has 9 atom stereocenters. The van der Waals surface area contributed by atoms with Gasteiger partial charge in [0.15, 0.2) is 12.3 Å². The second kappa shape index (κ2) is 9.63. The highest BCUT2D eigenvalue weighted by Gasteiger charge is 2.56. The number of carbonyl (C=O) groups is 1. The molecule has 3 N–H and O–H groups in total. The van der Waals surface area contributed by atoms with Gasteiger partial charge in [-0.25, -0.2) is 0 Å². The predicted octanol–water partition coefficient (Wildman–Crippen LogP) is 0.307. The van der Waals surface area contributed by atoms with E-state index in [0.29, 0.717) is 0 Å². The Morgan fingerprint density at radius 2 is 1.97 bits per heavy atom. The fraction of sp³-hybridized carbons (Fsp3) is 0.864. The van der Waals surface area contributed by atoms with E-state index >= 15 is 0 Å². The number of amides is 1. The lowest BCUT2D eigenvalue weighted by Gasteiger charge is -2.53. The normalized spacial score (nSPS) is 42.8. The van der Waals surface area contributed by atoms with Gasteiger partial charge in [0.25, 0.3) is 5.91 Å². The van der Waals surface area contributed by atoms with E-state index in [1.807, 2.05) is 27.7 Å². The number of hydrogen-bond donors (Lipinski definition) is 3. The van der Waals surface area contributed by atoms with Crippen LogP contribution in [0.5, 0.6) is 0 Å². The largest absolute Gasteiger partial charge is 0.394 e.